The topological polar surface area (TPSA) is 93.1 Å². The molecule has 0 bridgehead atoms. The van der Waals surface area contributed by atoms with Crippen LogP contribution in [-0.2, 0) is 22.0 Å². The number of fused-ring (bicyclic) bond motifs is 4. The summed E-state index contributed by atoms with van der Waals surface area (Å²) in [4.78, 5) is 14.1. The molecule has 8 heteroatoms. The van der Waals surface area contributed by atoms with E-state index in [9.17, 15) is 18.3 Å². The van der Waals surface area contributed by atoms with Gasteiger partial charge in [0, 0.05) is 18.0 Å². The second-order valence-corrected chi connectivity index (χ2v) is 10.4. The molecule has 1 aliphatic carbocycles. The Balaban J connectivity index is 1.55. The number of hydrogen-bond donors (Lipinski definition) is 2. The lowest BCUT2D eigenvalue weighted by Crippen LogP contribution is -2.55. The van der Waals surface area contributed by atoms with Gasteiger partial charge < -0.3 is 14.0 Å². The molecule has 3 aromatic rings. The van der Waals surface area contributed by atoms with Crippen molar-refractivity contribution in [3.8, 4) is 16.9 Å². The molecule has 2 aliphatic heterocycles. The van der Waals surface area contributed by atoms with Crippen molar-refractivity contribution in [2.45, 2.75) is 37.3 Å². The lowest BCUT2D eigenvalue weighted by Gasteiger charge is -2.47. The summed E-state index contributed by atoms with van der Waals surface area (Å²) in [5.41, 5.74) is 4.90. The van der Waals surface area contributed by atoms with Crippen LogP contribution in [0.1, 0.15) is 47.6 Å². The largest absolute Gasteiger partial charge is 0.465 e. The van der Waals surface area contributed by atoms with E-state index in [2.05, 4.69) is 24.3 Å². The fraction of sp³-hybridized carbons (Fsp3) is 0.321. The molecule has 7 nitrogen and oxygen atoms in total. The summed E-state index contributed by atoms with van der Waals surface area (Å²) in [7, 11) is -4.55. The van der Waals surface area contributed by atoms with Gasteiger partial charge in [0.2, 0.25) is 1.12 Å². The van der Waals surface area contributed by atoms with Gasteiger partial charge in [-0.3, -0.25) is 4.90 Å². The Labute approximate surface area is 212 Å². The molecule has 3 atom stereocenters. The highest BCUT2D eigenvalue weighted by atomic mass is 32.2. The van der Waals surface area contributed by atoms with Crippen molar-refractivity contribution in [1.29, 1.82) is 1.12 Å². The van der Waals surface area contributed by atoms with Crippen molar-refractivity contribution in [1.82, 2.24) is 4.90 Å². The maximum atomic E-state index is 12.7. The molecular weight excluding hydrogens is 478 g/mol. The highest BCUT2D eigenvalue weighted by molar-refractivity contribution is 7.67. The molecule has 1 fully saturated rings. The molecule has 6 rings (SSSR count). The lowest BCUT2D eigenvalue weighted by molar-refractivity contribution is -0.0713. The fourth-order valence-electron chi connectivity index (χ4n) is 6.85. The summed E-state index contributed by atoms with van der Waals surface area (Å²) in [5.74, 6) is -0.213. The quantitative estimate of drug-likeness (QED) is 0.494. The summed E-state index contributed by atoms with van der Waals surface area (Å²) in [6.07, 6.45) is -0.681. The lowest BCUT2D eigenvalue weighted by atomic mass is 9.68. The molecule has 3 aromatic carbocycles. The molecule has 186 valence electrons. The molecule has 1 unspecified atom stereocenters. The maximum Gasteiger partial charge on any atom is 0.407 e. The van der Waals surface area contributed by atoms with Crippen molar-refractivity contribution < 1.29 is 27.2 Å². The third kappa shape index (κ3) is 3.35. The monoisotopic (exact) mass is 507 g/mol. The van der Waals surface area contributed by atoms with Gasteiger partial charge in [-0.2, -0.15) is 8.42 Å². The maximum absolute atomic E-state index is 12.7. The van der Waals surface area contributed by atoms with E-state index < -0.39 is 28.6 Å². The summed E-state index contributed by atoms with van der Waals surface area (Å²) >= 11 is 0. The van der Waals surface area contributed by atoms with Crippen LogP contribution in [0.5, 0.6) is 5.75 Å². The number of likely N-dealkylation sites (tertiary alicyclic amines) is 1. The second kappa shape index (κ2) is 8.64. The van der Waals surface area contributed by atoms with Gasteiger partial charge in [0.15, 0.2) is 0 Å². The van der Waals surface area contributed by atoms with Crippen molar-refractivity contribution in [3.05, 3.63) is 89.0 Å². The molecule has 0 aromatic heterocycles. The molecule has 1 N–H and O–H groups in total. The van der Waals surface area contributed by atoms with E-state index in [0.29, 0.717) is 31.6 Å². The number of thiol groups is 1. The van der Waals surface area contributed by atoms with E-state index in [0.717, 1.165) is 27.8 Å². The number of ether oxygens (including phenoxy) is 1. The number of benzene rings is 3. The van der Waals surface area contributed by atoms with Gasteiger partial charge in [-0.15, -0.1) is 0 Å². The van der Waals surface area contributed by atoms with E-state index in [1.54, 1.807) is 6.07 Å². The van der Waals surface area contributed by atoms with Crippen LogP contribution in [0.25, 0.3) is 11.1 Å². The van der Waals surface area contributed by atoms with Crippen LogP contribution in [0.15, 0.2) is 66.7 Å². The highest BCUT2D eigenvalue weighted by Gasteiger charge is 2.58. The van der Waals surface area contributed by atoms with Crippen LogP contribution in [-0.4, -0.2) is 44.3 Å². The van der Waals surface area contributed by atoms with E-state index in [4.69, 9.17) is 10.0 Å². The Morgan fingerprint density at radius 2 is 1.75 bits per heavy atom. The highest BCUT2D eigenvalue weighted by Crippen LogP contribution is 2.59. The van der Waals surface area contributed by atoms with E-state index in [-0.39, 0.29) is 17.6 Å². The van der Waals surface area contributed by atoms with Gasteiger partial charge in [-0.25, -0.2) is 4.79 Å². The Morgan fingerprint density at radius 1 is 1.08 bits per heavy atom. The minimum Gasteiger partial charge on any atom is -0.465 e. The third-order valence-corrected chi connectivity index (χ3v) is 8.59. The van der Waals surface area contributed by atoms with Crippen LogP contribution in [0.2, 0.25) is 0 Å². The summed E-state index contributed by atoms with van der Waals surface area (Å²) in [5, 5.41) is 10.3. The summed E-state index contributed by atoms with van der Waals surface area (Å²) in [6, 6.07) is 21.6. The smallest absolute Gasteiger partial charge is 0.407 e. The number of rotatable bonds is 4. The Hall–Kier alpha value is -3.36. The molecule has 3 aliphatic rings. The average molecular weight is 508 g/mol. The van der Waals surface area contributed by atoms with Crippen molar-refractivity contribution in [3.63, 3.8) is 0 Å². The van der Waals surface area contributed by atoms with E-state index in [1.165, 1.54) is 11.0 Å². The van der Waals surface area contributed by atoms with Gasteiger partial charge in [0.1, 0.15) is 11.9 Å². The molecule has 1 saturated heterocycles. The van der Waals surface area contributed by atoms with Crippen LogP contribution in [0.3, 0.4) is 0 Å². The average Bonchev–Trinajstić information content (AvgIpc) is 3.38. The van der Waals surface area contributed by atoms with Crippen molar-refractivity contribution in [2.75, 3.05) is 13.2 Å². The first-order valence-corrected chi connectivity index (χ1v) is 13.1. The van der Waals surface area contributed by atoms with Gasteiger partial charge >= 0.3 is 6.09 Å². The molecule has 36 heavy (non-hydrogen) atoms. The zero-order valence-electron chi connectivity index (χ0n) is 20.8. The minimum absolute atomic E-state index is 0.0154. The summed E-state index contributed by atoms with van der Waals surface area (Å²) < 4.78 is 42.4. The number of carboxylic acid groups (broad SMARTS) is 1. The second-order valence-electron chi connectivity index (χ2n) is 9.82. The SMILES string of the molecule is [3H]S(=O)(=O)Oc1cccc2c1[C@@H]([C@]1(C)C(C3c4ccccc4-c4ccccc43)CCN1C(=O)O)OCC2. The standard InChI is InChI=1S/C28H27NO6S/c1-28(26-24-17(14-16-34-26)7-6-12-23(24)35-36(32)33)22(13-15-29(28)27(30)31)25-20-10-4-2-8-18(20)19-9-3-5-11-21(19)25/h2-12,22,25-26,36H,13-16H2,1H3,(H,30,31)/t22?,26-,28-/m0/s1/i36T. The molecule has 0 saturated carbocycles. The molecule has 2 heterocycles. The zero-order chi connectivity index (χ0) is 25.9. The number of nitrogens with zero attached hydrogens (tertiary/aromatic N) is 1. The third-order valence-electron chi connectivity index (χ3n) is 8.27. The minimum atomic E-state index is -4.55. The van der Waals surface area contributed by atoms with Crippen LogP contribution in [0, 0.1) is 5.92 Å². The molecular formula is C28H27NO6S. The van der Waals surface area contributed by atoms with E-state index >= 15 is 0 Å². The number of carbonyl (C=O) groups is 1. The predicted octanol–water partition coefficient (Wildman–Crippen LogP) is 4.78. The van der Waals surface area contributed by atoms with Crippen LogP contribution in [0.4, 0.5) is 4.79 Å². The normalized spacial score (nSPS) is 25.6. The first kappa shape index (κ1) is 21.9. The molecule has 1 amide bonds. The predicted molar refractivity (Wildman–Crippen MR) is 135 cm³/mol. The van der Waals surface area contributed by atoms with Gasteiger partial charge in [-0.05, 0) is 59.6 Å². The first-order valence-electron chi connectivity index (χ1n) is 12.5. The van der Waals surface area contributed by atoms with Gasteiger partial charge in [-0.1, -0.05) is 60.7 Å². The fourth-order valence-corrected chi connectivity index (χ4v) is 7.15. The van der Waals surface area contributed by atoms with Crippen LogP contribution >= 0.6 is 0 Å². The summed E-state index contributed by atoms with van der Waals surface area (Å²) in [6.45, 7) is 2.60. The molecule has 0 radical (unpaired) electrons. The zero-order valence-corrected chi connectivity index (χ0v) is 20.6. The Kier molecular flexibility index (Phi) is 5.25. The Bertz CT molecular complexity index is 1460. The van der Waals surface area contributed by atoms with Crippen molar-refractivity contribution >= 4 is 17.0 Å². The Morgan fingerprint density at radius 3 is 2.39 bits per heavy atom. The van der Waals surface area contributed by atoms with Gasteiger partial charge in [0.25, 0.3) is 10.9 Å². The molecule has 0 spiro atoms. The van der Waals surface area contributed by atoms with Gasteiger partial charge in [0.05, 0.1) is 12.1 Å². The van der Waals surface area contributed by atoms with Crippen LogP contribution < -0.4 is 4.18 Å². The number of hydrogen-bond acceptors (Lipinski definition) is 5. The van der Waals surface area contributed by atoms with Crippen molar-refractivity contribution in [2.24, 2.45) is 5.92 Å². The van der Waals surface area contributed by atoms with E-state index in [1.807, 2.05) is 37.3 Å². The first-order chi connectivity index (χ1) is 17.7. The number of amides is 1.